The largest absolute Gasteiger partial charge is 0.496 e. The van der Waals surface area contributed by atoms with E-state index < -0.39 is 0 Å². The van der Waals surface area contributed by atoms with Gasteiger partial charge in [0.2, 0.25) is 0 Å². The van der Waals surface area contributed by atoms with Crippen LogP contribution in [0.4, 0.5) is 5.69 Å². The molecule has 1 aromatic heterocycles. The summed E-state index contributed by atoms with van der Waals surface area (Å²) in [5.41, 5.74) is 1.66. The Kier molecular flexibility index (Phi) is 4.23. The molecule has 0 unspecified atom stereocenters. The molecule has 0 radical (unpaired) electrons. The Bertz CT molecular complexity index is 549. The number of methoxy groups -OCH3 is 1. The van der Waals surface area contributed by atoms with Crippen LogP contribution in [0.15, 0.2) is 30.3 Å². The van der Waals surface area contributed by atoms with Crippen LogP contribution in [0.1, 0.15) is 5.56 Å². The Morgan fingerprint density at radius 3 is 2.78 bits per heavy atom. The third-order valence-corrected chi connectivity index (χ3v) is 2.84. The third-order valence-electron chi connectivity index (χ3n) is 2.38. The lowest BCUT2D eigenvalue weighted by Gasteiger charge is -2.10. The molecule has 0 aliphatic carbocycles. The van der Waals surface area contributed by atoms with Gasteiger partial charge < -0.3 is 10.1 Å². The van der Waals surface area contributed by atoms with Crippen molar-refractivity contribution >= 4 is 28.9 Å². The number of nitrogens with zero attached hydrogens (tertiary/aromatic N) is 2. The SMILES string of the molecule is COc1ccccc1CNc1cc(Cl)nnc1Cl. The van der Waals surface area contributed by atoms with Gasteiger partial charge in [0.15, 0.2) is 10.3 Å². The van der Waals surface area contributed by atoms with E-state index >= 15 is 0 Å². The summed E-state index contributed by atoms with van der Waals surface area (Å²) in [5, 5.41) is 11.1. The van der Waals surface area contributed by atoms with Crippen molar-refractivity contribution in [1.82, 2.24) is 10.2 Å². The molecule has 0 atom stereocenters. The van der Waals surface area contributed by atoms with Gasteiger partial charge in [-0.3, -0.25) is 0 Å². The lowest BCUT2D eigenvalue weighted by Crippen LogP contribution is -2.03. The number of halogens is 2. The van der Waals surface area contributed by atoms with Crippen molar-refractivity contribution in [3.05, 3.63) is 46.2 Å². The monoisotopic (exact) mass is 283 g/mol. The van der Waals surface area contributed by atoms with Crippen LogP contribution in [0.25, 0.3) is 0 Å². The molecule has 1 heterocycles. The molecule has 1 N–H and O–H groups in total. The van der Waals surface area contributed by atoms with E-state index in [0.717, 1.165) is 11.3 Å². The van der Waals surface area contributed by atoms with Gasteiger partial charge in [0, 0.05) is 18.2 Å². The van der Waals surface area contributed by atoms with Crippen molar-refractivity contribution in [2.45, 2.75) is 6.54 Å². The van der Waals surface area contributed by atoms with Crippen molar-refractivity contribution < 1.29 is 4.74 Å². The van der Waals surface area contributed by atoms with Gasteiger partial charge >= 0.3 is 0 Å². The molecule has 0 spiro atoms. The van der Waals surface area contributed by atoms with E-state index in [0.29, 0.717) is 17.4 Å². The highest BCUT2D eigenvalue weighted by molar-refractivity contribution is 6.33. The Balaban J connectivity index is 2.14. The zero-order chi connectivity index (χ0) is 13.0. The molecule has 0 fully saturated rings. The molecule has 94 valence electrons. The number of para-hydroxylation sites is 1. The number of hydrogen-bond acceptors (Lipinski definition) is 4. The first-order valence-electron chi connectivity index (χ1n) is 5.25. The average molecular weight is 284 g/mol. The van der Waals surface area contributed by atoms with Gasteiger partial charge in [-0.2, -0.15) is 0 Å². The van der Waals surface area contributed by atoms with Crippen LogP contribution in [-0.4, -0.2) is 17.3 Å². The number of ether oxygens (including phenoxy) is 1. The highest BCUT2D eigenvalue weighted by Gasteiger charge is 2.06. The summed E-state index contributed by atoms with van der Waals surface area (Å²) in [5.74, 6) is 0.814. The Labute approximate surface area is 115 Å². The predicted molar refractivity (Wildman–Crippen MR) is 72.4 cm³/mol. The second-order valence-corrected chi connectivity index (χ2v) is 4.28. The lowest BCUT2D eigenvalue weighted by molar-refractivity contribution is 0.410. The highest BCUT2D eigenvalue weighted by Crippen LogP contribution is 2.23. The van der Waals surface area contributed by atoms with Gasteiger partial charge in [-0.15, -0.1) is 10.2 Å². The molecule has 0 amide bonds. The smallest absolute Gasteiger partial charge is 0.174 e. The average Bonchev–Trinajstić information content (AvgIpc) is 2.40. The Hall–Kier alpha value is -1.52. The summed E-state index contributed by atoms with van der Waals surface area (Å²) >= 11 is 11.7. The first-order valence-corrected chi connectivity index (χ1v) is 6.01. The molecule has 0 aliphatic rings. The summed E-state index contributed by atoms with van der Waals surface area (Å²) in [7, 11) is 1.64. The van der Waals surface area contributed by atoms with E-state index in [1.165, 1.54) is 0 Å². The normalized spacial score (nSPS) is 10.2. The highest BCUT2D eigenvalue weighted by atomic mass is 35.5. The summed E-state index contributed by atoms with van der Waals surface area (Å²) < 4.78 is 5.26. The minimum atomic E-state index is 0.286. The zero-order valence-electron chi connectivity index (χ0n) is 9.65. The standard InChI is InChI=1S/C12H11Cl2N3O/c1-18-10-5-3-2-4-8(10)7-15-9-6-11(13)16-17-12(9)14/h2-6H,7H2,1H3,(H,15,16). The molecule has 2 rings (SSSR count). The van der Waals surface area contributed by atoms with E-state index in [-0.39, 0.29) is 5.15 Å². The second-order valence-electron chi connectivity index (χ2n) is 3.54. The maximum absolute atomic E-state index is 5.91. The molecule has 0 saturated carbocycles. The van der Waals surface area contributed by atoms with Crippen LogP contribution >= 0.6 is 23.2 Å². The molecule has 4 nitrogen and oxygen atoms in total. The maximum atomic E-state index is 5.91. The van der Waals surface area contributed by atoms with E-state index in [4.69, 9.17) is 27.9 Å². The second kappa shape index (κ2) is 5.89. The van der Waals surface area contributed by atoms with Crippen molar-refractivity contribution in [2.24, 2.45) is 0 Å². The van der Waals surface area contributed by atoms with Crippen LogP contribution in [0, 0.1) is 0 Å². The molecule has 18 heavy (non-hydrogen) atoms. The van der Waals surface area contributed by atoms with E-state index in [9.17, 15) is 0 Å². The van der Waals surface area contributed by atoms with E-state index in [1.54, 1.807) is 13.2 Å². The molecule has 1 aromatic carbocycles. The fourth-order valence-electron chi connectivity index (χ4n) is 1.52. The van der Waals surface area contributed by atoms with Crippen molar-refractivity contribution in [2.75, 3.05) is 12.4 Å². The number of rotatable bonds is 4. The summed E-state index contributed by atoms with van der Waals surface area (Å²) in [6.07, 6.45) is 0. The molecule has 2 aromatic rings. The first-order chi connectivity index (χ1) is 8.70. The summed E-state index contributed by atoms with van der Waals surface area (Å²) in [4.78, 5) is 0. The zero-order valence-corrected chi connectivity index (χ0v) is 11.2. The van der Waals surface area contributed by atoms with E-state index in [2.05, 4.69) is 15.5 Å². The maximum Gasteiger partial charge on any atom is 0.174 e. The third kappa shape index (κ3) is 3.03. The molecular formula is C12H11Cl2N3O. The summed E-state index contributed by atoms with van der Waals surface area (Å²) in [6.45, 7) is 0.561. The van der Waals surface area contributed by atoms with Gasteiger partial charge in [-0.1, -0.05) is 41.4 Å². The van der Waals surface area contributed by atoms with Crippen LogP contribution in [0.5, 0.6) is 5.75 Å². The molecule has 0 saturated heterocycles. The fraction of sp³-hybridized carbons (Fsp3) is 0.167. The van der Waals surface area contributed by atoms with Crippen LogP contribution in [0.3, 0.4) is 0 Å². The van der Waals surface area contributed by atoms with Crippen molar-refractivity contribution in [3.8, 4) is 5.75 Å². The van der Waals surface area contributed by atoms with Crippen LogP contribution < -0.4 is 10.1 Å². The Morgan fingerprint density at radius 2 is 2.00 bits per heavy atom. The van der Waals surface area contributed by atoms with Gasteiger partial charge in [0.1, 0.15) is 5.75 Å². The molecular weight excluding hydrogens is 273 g/mol. The number of hydrogen-bond donors (Lipinski definition) is 1. The van der Waals surface area contributed by atoms with Crippen molar-refractivity contribution in [1.29, 1.82) is 0 Å². The fourth-order valence-corrected chi connectivity index (χ4v) is 1.82. The minimum absolute atomic E-state index is 0.286. The van der Waals surface area contributed by atoms with Gasteiger partial charge in [-0.05, 0) is 6.07 Å². The molecule has 0 bridgehead atoms. The number of aromatic nitrogens is 2. The molecule has 6 heteroatoms. The number of nitrogens with one attached hydrogen (secondary N) is 1. The van der Waals surface area contributed by atoms with Crippen LogP contribution in [-0.2, 0) is 6.54 Å². The topological polar surface area (TPSA) is 47.0 Å². The van der Waals surface area contributed by atoms with Gasteiger partial charge in [0.25, 0.3) is 0 Å². The van der Waals surface area contributed by atoms with Gasteiger partial charge in [-0.25, -0.2) is 0 Å². The molecule has 0 aliphatic heterocycles. The predicted octanol–water partition coefficient (Wildman–Crippen LogP) is 3.40. The number of benzene rings is 1. The van der Waals surface area contributed by atoms with Gasteiger partial charge in [0.05, 0.1) is 12.8 Å². The lowest BCUT2D eigenvalue weighted by atomic mass is 10.2. The van der Waals surface area contributed by atoms with Crippen LogP contribution in [0.2, 0.25) is 10.3 Å². The number of anilines is 1. The van der Waals surface area contributed by atoms with E-state index in [1.807, 2.05) is 24.3 Å². The Morgan fingerprint density at radius 1 is 1.22 bits per heavy atom. The summed E-state index contributed by atoms with van der Waals surface area (Å²) in [6, 6.07) is 9.36. The van der Waals surface area contributed by atoms with Crippen molar-refractivity contribution in [3.63, 3.8) is 0 Å². The first kappa shape index (κ1) is 12.9. The minimum Gasteiger partial charge on any atom is -0.496 e. The quantitative estimate of drug-likeness (QED) is 0.934.